The SMILES string of the molecule is CCN(Cc1cccc2c1-c1ccccc1C2(c1ccccc1)c1ccccc1)c1ccc(-c2cccc3c2Cc2ccccc2-3)cc1. The van der Waals surface area contributed by atoms with Crippen molar-refractivity contribution < 1.29 is 0 Å². The molecule has 0 saturated heterocycles. The lowest BCUT2D eigenvalue weighted by Crippen LogP contribution is -2.28. The predicted octanol–water partition coefficient (Wildman–Crippen LogP) is 11.3. The van der Waals surface area contributed by atoms with Crippen LogP contribution in [0.1, 0.15) is 45.9 Å². The first-order valence-corrected chi connectivity index (χ1v) is 17.2. The van der Waals surface area contributed by atoms with Gasteiger partial charge in [-0.05, 0) is 97.8 Å². The van der Waals surface area contributed by atoms with Crippen molar-refractivity contribution in [2.24, 2.45) is 0 Å². The summed E-state index contributed by atoms with van der Waals surface area (Å²) in [6, 6.07) is 63.0. The summed E-state index contributed by atoms with van der Waals surface area (Å²) in [7, 11) is 0. The van der Waals surface area contributed by atoms with Crippen LogP contribution in [0.2, 0.25) is 0 Å². The summed E-state index contributed by atoms with van der Waals surface area (Å²) in [4.78, 5) is 2.51. The Morgan fingerprint density at radius 1 is 0.500 bits per heavy atom. The van der Waals surface area contributed by atoms with Gasteiger partial charge in [0, 0.05) is 18.8 Å². The van der Waals surface area contributed by atoms with Crippen molar-refractivity contribution in [1.29, 1.82) is 0 Å². The Hall–Kier alpha value is -5.66. The topological polar surface area (TPSA) is 3.24 Å². The fourth-order valence-electron chi connectivity index (χ4n) is 8.57. The Balaban J connectivity index is 1.11. The highest BCUT2D eigenvalue weighted by Gasteiger charge is 2.46. The standard InChI is InChI=1S/C47H37N/c1-2-48(38-29-27-33(28-30-38)39-23-14-24-41-40-21-10-9-15-34(40)31-43(39)41)32-35-16-13-26-45-46(35)42-22-11-12-25-44(42)47(45,36-17-5-3-6-18-36)37-19-7-4-8-20-37/h3-30H,2,31-32H2,1H3. The molecule has 1 heteroatoms. The molecule has 0 atom stereocenters. The number of benzene rings is 7. The van der Waals surface area contributed by atoms with E-state index in [0.717, 1.165) is 19.5 Å². The van der Waals surface area contributed by atoms with Crippen molar-refractivity contribution in [1.82, 2.24) is 0 Å². The van der Waals surface area contributed by atoms with Gasteiger partial charge in [0.15, 0.2) is 0 Å². The molecule has 2 aliphatic rings. The second-order valence-corrected chi connectivity index (χ2v) is 13.1. The minimum Gasteiger partial charge on any atom is -0.367 e. The summed E-state index contributed by atoms with van der Waals surface area (Å²) in [5.74, 6) is 0. The zero-order chi connectivity index (χ0) is 32.1. The van der Waals surface area contributed by atoms with E-state index in [2.05, 4.69) is 182 Å². The van der Waals surface area contributed by atoms with Gasteiger partial charge in [-0.25, -0.2) is 0 Å². The fraction of sp³-hybridized carbons (Fsp3) is 0.106. The molecule has 0 unspecified atom stereocenters. The Bertz CT molecular complexity index is 2220. The molecule has 7 aromatic carbocycles. The second kappa shape index (κ2) is 11.5. The summed E-state index contributed by atoms with van der Waals surface area (Å²) in [5.41, 5.74) is 18.5. The molecular formula is C47H37N. The van der Waals surface area contributed by atoms with Gasteiger partial charge >= 0.3 is 0 Å². The van der Waals surface area contributed by atoms with E-state index in [9.17, 15) is 0 Å². The Labute approximate surface area is 283 Å². The first kappa shape index (κ1) is 28.6. The number of hydrogen-bond donors (Lipinski definition) is 0. The van der Waals surface area contributed by atoms with Gasteiger partial charge in [-0.2, -0.15) is 0 Å². The van der Waals surface area contributed by atoms with Crippen LogP contribution in [0.5, 0.6) is 0 Å². The average molecular weight is 616 g/mol. The van der Waals surface area contributed by atoms with Crippen LogP contribution in [-0.2, 0) is 18.4 Å². The van der Waals surface area contributed by atoms with Gasteiger partial charge in [0.25, 0.3) is 0 Å². The molecule has 7 aromatic rings. The first-order valence-electron chi connectivity index (χ1n) is 17.2. The molecule has 0 bridgehead atoms. The molecule has 2 aliphatic carbocycles. The van der Waals surface area contributed by atoms with Crippen LogP contribution >= 0.6 is 0 Å². The van der Waals surface area contributed by atoms with E-state index in [0.29, 0.717) is 0 Å². The molecule has 0 aliphatic heterocycles. The van der Waals surface area contributed by atoms with E-state index in [4.69, 9.17) is 0 Å². The highest BCUT2D eigenvalue weighted by molar-refractivity contribution is 5.89. The third-order valence-corrected chi connectivity index (χ3v) is 10.7. The predicted molar refractivity (Wildman–Crippen MR) is 201 cm³/mol. The highest BCUT2D eigenvalue weighted by atomic mass is 15.1. The maximum Gasteiger partial charge on any atom is 0.0713 e. The first-order chi connectivity index (χ1) is 23.8. The van der Waals surface area contributed by atoms with Crippen LogP contribution < -0.4 is 4.90 Å². The quantitative estimate of drug-likeness (QED) is 0.172. The Kier molecular flexibility index (Phi) is 6.87. The van der Waals surface area contributed by atoms with E-state index < -0.39 is 0 Å². The van der Waals surface area contributed by atoms with Crippen LogP contribution in [0.3, 0.4) is 0 Å². The van der Waals surface area contributed by atoms with Crippen molar-refractivity contribution >= 4 is 5.69 Å². The summed E-state index contributed by atoms with van der Waals surface area (Å²) in [6.45, 7) is 4.02. The molecule has 1 nitrogen and oxygen atoms in total. The van der Waals surface area contributed by atoms with E-state index >= 15 is 0 Å². The van der Waals surface area contributed by atoms with E-state index in [-0.39, 0.29) is 5.41 Å². The van der Waals surface area contributed by atoms with E-state index in [1.54, 1.807) is 0 Å². The van der Waals surface area contributed by atoms with E-state index in [1.807, 2.05) is 0 Å². The molecule has 0 N–H and O–H groups in total. The molecule has 0 heterocycles. The van der Waals surface area contributed by atoms with Crippen molar-refractivity contribution in [3.05, 3.63) is 209 Å². The molecule has 0 fully saturated rings. The van der Waals surface area contributed by atoms with Crippen LogP contribution in [-0.4, -0.2) is 6.54 Å². The van der Waals surface area contributed by atoms with Crippen molar-refractivity contribution in [3.8, 4) is 33.4 Å². The lowest BCUT2D eigenvalue weighted by atomic mass is 9.67. The van der Waals surface area contributed by atoms with Gasteiger partial charge in [0.05, 0.1) is 5.41 Å². The minimum atomic E-state index is -0.376. The molecule has 0 amide bonds. The molecule has 0 radical (unpaired) electrons. The smallest absolute Gasteiger partial charge is 0.0713 e. The summed E-state index contributed by atoms with van der Waals surface area (Å²) in [6.07, 6.45) is 0.999. The van der Waals surface area contributed by atoms with E-state index in [1.165, 1.54) is 78.0 Å². The minimum absolute atomic E-state index is 0.376. The number of fused-ring (bicyclic) bond motifs is 6. The Morgan fingerprint density at radius 2 is 1.08 bits per heavy atom. The zero-order valence-electron chi connectivity index (χ0n) is 27.2. The zero-order valence-corrected chi connectivity index (χ0v) is 27.2. The van der Waals surface area contributed by atoms with Gasteiger partial charge in [-0.3, -0.25) is 0 Å². The number of rotatable bonds is 7. The summed E-state index contributed by atoms with van der Waals surface area (Å²) < 4.78 is 0. The maximum absolute atomic E-state index is 2.51. The van der Waals surface area contributed by atoms with Crippen molar-refractivity contribution in [3.63, 3.8) is 0 Å². The van der Waals surface area contributed by atoms with Crippen molar-refractivity contribution in [2.75, 3.05) is 11.4 Å². The van der Waals surface area contributed by atoms with Gasteiger partial charge in [0.1, 0.15) is 0 Å². The third kappa shape index (κ3) is 4.31. The number of hydrogen-bond acceptors (Lipinski definition) is 1. The molecule has 230 valence electrons. The average Bonchev–Trinajstić information content (AvgIpc) is 3.69. The van der Waals surface area contributed by atoms with Crippen molar-refractivity contribution in [2.45, 2.75) is 25.3 Å². The van der Waals surface area contributed by atoms with Gasteiger partial charge in [0.2, 0.25) is 0 Å². The van der Waals surface area contributed by atoms with Gasteiger partial charge < -0.3 is 4.90 Å². The third-order valence-electron chi connectivity index (χ3n) is 10.7. The molecule has 0 saturated carbocycles. The largest absolute Gasteiger partial charge is 0.367 e. The second-order valence-electron chi connectivity index (χ2n) is 13.1. The fourth-order valence-corrected chi connectivity index (χ4v) is 8.57. The number of anilines is 1. The normalized spacial score (nSPS) is 13.4. The lowest BCUT2D eigenvalue weighted by molar-refractivity contribution is 0.766. The molecular weight excluding hydrogens is 579 g/mol. The number of nitrogens with zero attached hydrogens (tertiary/aromatic N) is 1. The molecule has 0 aromatic heterocycles. The Morgan fingerprint density at radius 3 is 1.81 bits per heavy atom. The highest BCUT2D eigenvalue weighted by Crippen LogP contribution is 2.57. The monoisotopic (exact) mass is 615 g/mol. The maximum atomic E-state index is 2.51. The molecule has 0 spiro atoms. The molecule has 9 rings (SSSR count). The van der Waals surface area contributed by atoms with Crippen LogP contribution in [0.15, 0.2) is 170 Å². The summed E-state index contributed by atoms with van der Waals surface area (Å²) in [5, 5.41) is 0. The lowest BCUT2D eigenvalue weighted by Gasteiger charge is -2.34. The molecule has 48 heavy (non-hydrogen) atoms. The van der Waals surface area contributed by atoms with Crippen LogP contribution in [0.25, 0.3) is 33.4 Å². The van der Waals surface area contributed by atoms with Gasteiger partial charge in [-0.1, -0.05) is 158 Å². The summed E-state index contributed by atoms with van der Waals surface area (Å²) >= 11 is 0. The van der Waals surface area contributed by atoms with Crippen LogP contribution in [0.4, 0.5) is 5.69 Å². The van der Waals surface area contributed by atoms with Gasteiger partial charge in [-0.15, -0.1) is 0 Å². The van der Waals surface area contributed by atoms with Crippen LogP contribution in [0, 0.1) is 0 Å².